The number of aromatic nitrogens is 5. The number of rotatable bonds is 4. The van der Waals surface area contributed by atoms with Crippen LogP contribution in [0, 0.1) is 11.8 Å². The number of nitrogen functional groups attached to an aromatic ring is 1. The average Bonchev–Trinajstić information content (AvgIpc) is 3.24. The van der Waals surface area contributed by atoms with E-state index in [-0.39, 0.29) is 17.1 Å². The van der Waals surface area contributed by atoms with Gasteiger partial charge in [-0.2, -0.15) is 4.68 Å². The number of nitrogens with two attached hydrogens (primary N) is 1. The Morgan fingerprint density at radius 2 is 1.84 bits per heavy atom. The average molecular weight is 505 g/mol. The van der Waals surface area contributed by atoms with Gasteiger partial charge in [-0.1, -0.05) is 42.2 Å². The van der Waals surface area contributed by atoms with E-state index in [4.69, 9.17) is 5.73 Å². The van der Waals surface area contributed by atoms with Crippen LogP contribution in [0.15, 0.2) is 84.2 Å². The van der Waals surface area contributed by atoms with Crippen LogP contribution in [0.25, 0.3) is 16.5 Å². The second-order valence-corrected chi connectivity index (χ2v) is 8.91. The lowest BCUT2D eigenvalue weighted by atomic mass is 10.0. The molecule has 0 aliphatic rings. The number of hydrogen-bond donors (Lipinski definition) is 2. The summed E-state index contributed by atoms with van der Waals surface area (Å²) in [4.78, 5) is 35.0. The van der Waals surface area contributed by atoms with Gasteiger partial charge in [0.25, 0.3) is 11.5 Å². The number of carbonyl (C=O) groups excluding carboxylic acids is 1. The molecule has 9 nitrogen and oxygen atoms in total. The van der Waals surface area contributed by atoms with Crippen molar-refractivity contribution in [3.63, 3.8) is 0 Å². The van der Waals surface area contributed by atoms with Gasteiger partial charge < -0.3 is 11.1 Å². The van der Waals surface area contributed by atoms with Crippen LogP contribution in [0.4, 0.5) is 5.82 Å². The molecule has 9 heteroatoms. The molecule has 0 saturated carbocycles. The standard InChI is InChI=1S/C29H25N7O2/c1-19(33-28(37)26-27(30)32-15-14-31-26)24-16-22-9-7-8-21(13-12-20-17-34(2)35(3)18-20)25(22)29(38)36(24)23-10-5-4-6-11-23/h4-11,14-19H,1-3H3,(H2-,30,32,33,37)/p+1/t19-/m0/s1. The van der Waals surface area contributed by atoms with Gasteiger partial charge in [-0.25, -0.2) is 9.97 Å². The third kappa shape index (κ3) is 4.63. The largest absolute Gasteiger partial charge is 0.382 e. The Hall–Kier alpha value is -5.23. The van der Waals surface area contributed by atoms with Crippen LogP contribution in [0.1, 0.15) is 40.3 Å². The van der Waals surface area contributed by atoms with Crippen LogP contribution in [-0.4, -0.2) is 25.1 Å². The first kappa shape index (κ1) is 24.5. The van der Waals surface area contributed by atoms with Crippen molar-refractivity contribution in [3.8, 4) is 17.5 Å². The predicted octanol–water partition coefficient (Wildman–Crippen LogP) is 2.42. The SMILES string of the molecule is C[C@H](NC(=O)c1nccnc1N)c1cc2cccc(C#Cc3cn(C)[n+](C)c3)c2c(=O)n1-c1ccccc1. The molecule has 1 atom stereocenters. The molecule has 3 aromatic heterocycles. The Bertz CT molecular complexity index is 1770. The molecule has 0 bridgehead atoms. The number of benzene rings is 2. The van der Waals surface area contributed by atoms with E-state index >= 15 is 0 Å². The van der Waals surface area contributed by atoms with Gasteiger partial charge in [-0.05, 0) is 36.6 Å². The van der Waals surface area contributed by atoms with Crippen LogP contribution in [0.3, 0.4) is 0 Å². The molecule has 5 rings (SSSR count). The number of carbonyl (C=O) groups is 1. The number of pyridine rings is 1. The molecule has 1 amide bonds. The van der Waals surface area contributed by atoms with E-state index in [0.717, 1.165) is 10.9 Å². The van der Waals surface area contributed by atoms with Gasteiger partial charge in [-0.15, -0.1) is 4.68 Å². The maximum atomic E-state index is 14.1. The van der Waals surface area contributed by atoms with E-state index in [9.17, 15) is 9.59 Å². The lowest BCUT2D eigenvalue weighted by Gasteiger charge is -2.21. The van der Waals surface area contributed by atoms with Crippen molar-refractivity contribution in [2.45, 2.75) is 13.0 Å². The molecule has 0 radical (unpaired) electrons. The Labute approximate surface area is 219 Å². The van der Waals surface area contributed by atoms with Crippen LogP contribution in [0.2, 0.25) is 0 Å². The highest BCUT2D eigenvalue weighted by Gasteiger charge is 2.21. The highest BCUT2D eigenvalue weighted by Crippen LogP contribution is 2.23. The monoisotopic (exact) mass is 504 g/mol. The van der Waals surface area contributed by atoms with Crippen molar-refractivity contribution in [2.24, 2.45) is 14.1 Å². The number of hydrogen-bond acceptors (Lipinski definition) is 5. The summed E-state index contributed by atoms with van der Waals surface area (Å²) in [7, 11) is 3.86. The van der Waals surface area contributed by atoms with Crippen molar-refractivity contribution in [1.82, 2.24) is 24.5 Å². The van der Waals surface area contributed by atoms with Gasteiger partial charge in [-0.3, -0.25) is 14.2 Å². The van der Waals surface area contributed by atoms with Gasteiger partial charge in [0.2, 0.25) is 6.20 Å². The maximum Gasteiger partial charge on any atom is 0.274 e. The molecule has 3 N–H and O–H groups in total. The molecule has 0 spiro atoms. The first-order valence-electron chi connectivity index (χ1n) is 12.0. The lowest BCUT2D eigenvalue weighted by molar-refractivity contribution is -0.751. The Kier molecular flexibility index (Phi) is 6.46. The van der Waals surface area contributed by atoms with Gasteiger partial charge in [0.1, 0.15) is 5.56 Å². The van der Waals surface area contributed by atoms with Gasteiger partial charge in [0.05, 0.1) is 24.7 Å². The summed E-state index contributed by atoms with van der Waals surface area (Å²) in [6.07, 6.45) is 6.67. The zero-order valence-corrected chi connectivity index (χ0v) is 21.2. The highest BCUT2D eigenvalue weighted by atomic mass is 16.2. The van der Waals surface area contributed by atoms with Crippen LogP contribution < -0.4 is 21.3 Å². The first-order valence-corrected chi connectivity index (χ1v) is 12.0. The molecule has 188 valence electrons. The number of para-hydroxylation sites is 1. The predicted molar refractivity (Wildman–Crippen MR) is 144 cm³/mol. The van der Waals surface area contributed by atoms with Crippen molar-refractivity contribution in [1.29, 1.82) is 0 Å². The van der Waals surface area contributed by atoms with Crippen molar-refractivity contribution in [3.05, 3.63) is 112 Å². The first-order chi connectivity index (χ1) is 18.3. The van der Waals surface area contributed by atoms with Gasteiger partial charge >= 0.3 is 0 Å². The number of fused-ring (bicyclic) bond motifs is 1. The molecular formula is C29H26N7O2+. The maximum absolute atomic E-state index is 14.1. The van der Waals surface area contributed by atoms with Crippen molar-refractivity contribution in [2.75, 3.05) is 5.73 Å². The van der Waals surface area contributed by atoms with E-state index in [2.05, 4.69) is 27.1 Å². The third-order valence-corrected chi connectivity index (χ3v) is 6.31. The highest BCUT2D eigenvalue weighted by molar-refractivity contribution is 5.96. The lowest BCUT2D eigenvalue weighted by Crippen LogP contribution is -2.35. The minimum atomic E-state index is -0.555. The van der Waals surface area contributed by atoms with Crippen LogP contribution in [-0.2, 0) is 14.1 Å². The molecule has 0 saturated heterocycles. The quantitative estimate of drug-likeness (QED) is 0.288. The molecule has 5 aromatic rings. The number of aryl methyl sites for hydroxylation is 2. The second kappa shape index (κ2) is 10.0. The second-order valence-electron chi connectivity index (χ2n) is 8.91. The van der Waals surface area contributed by atoms with Crippen LogP contribution >= 0.6 is 0 Å². The van der Waals surface area contributed by atoms with Crippen LogP contribution in [0.5, 0.6) is 0 Å². The molecule has 2 aromatic carbocycles. The molecule has 0 aliphatic heterocycles. The minimum Gasteiger partial charge on any atom is -0.382 e. The number of amides is 1. The molecule has 0 aliphatic carbocycles. The molecular weight excluding hydrogens is 478 g/mol. The van der Waals surface area contributed by atoms with Crippen molar-refractivity contribution >= 4 is 22.5 Å². The molecule has 0 fully saturated rings. The van der Waals surface area contributed by atoms with Crippen molar-refractivity contribution < 1.29 is 9.48 Å². The van der Waals surface area contributed by atoms with Gasteiger partial charge in [0.15, 0.2) is 18.6 Å². The summed E-state index contributed by atoms with van der Waals surface area (Å²) in [5, 5.41) is 4.14. The topological polar surface area (TPSA) is 112 Å². The Balaban J connectivity index is 1.65. The van der Waals surface area contributed by atoms with E-state index < -0.39 is 11.9 Å². The number of nitrogens with one attached hydrogen (secondary N) is 1. The third-order valence-electron chi connectivity index (χ3n) is 6.31. The summed E-state index contributed by atoms with van der Waals surface area (Å²) in [6, 6.07) is 16.2. The fraction of sp³-hybridized carbons (Fsp3) is 0.138. The smallest absolute Gasteiger partial charge is 0.274 e. The minimum absolute atomic E-state index is 0.0284. The fourth-order valence-corrected chi connectivity index (χ4v) is 4.33. The summed E-state index contributed by atoms with van der Waals surface area (Å²) < 4.78 is 5.46. The summed E-state index contributed by atoms with van der Waals surface area (Å²) >= 11 is 0. The summed E-state index contributed by atoms with van der Waals surface area (Å²) in [5.74, 6) is 5.90. The Morgan fingerprint density at radius 1 is 1.08 bits per heavy atom. The van der Waals surface area contributed by atoms with E-state index in [1.165, 1.54) is 12.4 Å². The number of anilines is 1. The number of nitrogens with zero attached hydrogens (tertiary/aromatic N) is 5. The summed E-state index contributed by atoms with van der Waals surface area (Å²) in [5.41, 5.74) is 8.38. The fourth-order valence-electron chi connectivity index (χ4n) is 4.33. The molecule has 3 heterocycles. The molecule has 0 unspecified atom stereocenters. The molecule has 38 heavy (non-hydrogen) atoms. The summed E-state index contributed by atoms with van der Waals surface area (Å²) in [6.45, 7) is 1.81. The zero-order chi connectivity index (χ0) is 26.8. The van der Waals surface area contributed by atoms with E-state index in [0.29, 0.717) is 22.3 Å². The van der Waals surface area contributed by atoms with Gasteiger partial charge in [0, 0.05) is 29.3 Å². The van der Waals surface area contributed by atoms with E-state index in [1.807, 2.05) is 97.4 Å². The normalized spacial score (nSPS) is 11.6. The van der Waals surface area contributed by atoms with E-state index in [1.54, 1.807) is 4.57 Å². The Morgan fingerprint density at radius 3 is 2.55 bits per heavy atom. The zero-order valence-electron chi connectivity index (χ0n) is 21.2.